The first-order chi connectivity index (χ1) is 13.9. The number of carbonyl (C=O) groups is 1. The molecule has 0 saturated carbocycles. The highest BCUT2D eigenvalue weighted by atomic mass is 35.5. The molecule has 6 nitrogen and oxygen atoms in total. The van der Waals surface area contributed by atoms with Gasteiger partial charge in [0.2, 0.25) is 5.91 Å². The van der Waals surface area contributed by atoms with Crippen molar-refractivity contribution in [2.75, 3.05) is 5.32 Å². The number of halogens is 3. The number of thioether (sulfide) groups is 1. The van der Waals surface area contributed by atoms with Gasteiger partial charge in [-0.2, -0.15) is 0 Å². The molecule has 0 aliphatic heterocycles. The zero-order chi connectivity index (χ0) is 21.0. The van der Waals surface area contributed by atoms with Crippen LogP contribution in [0.4, 0.5) is 5.69 Å². The third-order valence-electron chi connectivity index (χ3n) is 3.87. The molecule has 2 aromatic heterocycles. The van der Waals surface area contributed by atoms with E-state index in [0.717, 1.165) is 5.56 Å². The Morgan fingerprint density at radius 3 is 2.52 bits per heavy atom. The van der Waals surface area contributed by atoms with E-state index in [1.807, 2.05) is 16.7 Å². The summed E-state index contributed by atoms with van der Waals surface area (Å²) in [4.78, 5) is 16.7. The number of hydrogen-bond donors (Lipinski definition) is 1. The molecule has 2 heterocycles. The summed E-state index contributed by atoms with van der Waals surface area (Å²) < 4.78 is 1.89. The Labute approximate surface area is 187 Å². The lowest BCUT2D eigenvalue weighted by Gasteiger charge is -2.14. The fourth-order valence-electron chi connectivity index (χ4n) is 2.48. The second-order valence-corrected chi connectivity index (χ2v) is 8.49. The predicted molar refractivity (Wildman–Crippen MR) is 119 cm³/mol. The number of allylic oxidation sites excluding steroid dienone is 1. The van der Waals surface area contributed by atoms with Crippen LogP contribution in [0.3, 0.4) is 0 Å². The molecule has 1 N–H and O–H groups in total. The topological polar surface area (TPSA) is 72.7 Å². The molecule has 0 aliphatic rings. The minimum absolute atomic E-state index is 0.267. The standard InChI is InChI=1S/C19H16Cl3N5OS/c1-3-8-27-17(12-4-6-23-7-5-12)25-26-19(27)29-11(2)18(28)24-16-14(21)9-13(20)10-15(16)22/h3-7,9-11H,1,8H2,2H3,(H,24,28). The highest BCUT2D eigenvalue weighted by molar-refractivity contribution is 8.00. The van der Waals surface area contributed by atoms with E-state index in [1.54, 1.807) is 25.4 Å². The lowest BCUT2D eigenvalue weighted by atomic mass is 10.2. The van der Waals surface area contributed by atoms with E-state index < -0.39 is 5.25 Å². The van der Waals surface area contributed by atoms with Crippen LogP contribution in [0.1, 0.15) is 6.92 Å². The number of pyridine rings is 1. The zero-order valence-corrected chi connectivity index (χ0v) is 18.4. The first kappa shape index (κ1) is 21.6. The maximum absolute atomic E-state index is 12.7. The summed E-state index contributed by atoms with van der Waals surface area (Å²) in [6.07, 6.45) is 5.12. The van der Waals surface area contributed by atoms with E-state index in [0.29, 0.717) is 28.2 Å². The number of rotatable bonds is 7. The summed E-state index contributed by atoms with van der Waals surface area (Å²) in [7, 11) is 0. The third kappa shape index (κ3) is 5.11. The minimum Gasteiger partial charge on any atom is -0.323 e. The Balaban J connectivity index is 1.80. The van der Waals surface area contributed by atoms with Gasteiger partial charge in [0, 0.05) is 29.5 Å². The summed E-state index contributed by atoms with van der Waals surface area (Å²) in [5.74, 6) is 0.394. The van der Waals surface area contributed by atoms with Gasteiger partial charge in [-0.15, -0.1) is 16.8 Å². The third-order valence-corrected chi connectivity index (χ3v) is 5.77. The summed E-state index contributed by atoms with van der Waals surface area (Å²) in [5, 5.41) is 12.3. The molecule has 0 aliphatic carbocycles. The van der Waals surface area contributed by atoms with Gasteiger partial charge in [-0.05, 0) is 31.2 Å². The Bertz CT molecular complexity index is 1020. The van der Waals surface area contributed by atoms with E-state index >= 15 is 0 Å². The zero-order valence-electron chi connectivity index (χ0n) is 15.3. The van der Waals surface area contributed by atoms with E-state index in [4.69, 9.17) is 34.8 Å². The SMILES string of the molecule is C=CCn1c(SC(C)C(=O)Nc2c(Cl)cc(Cl)cc2Cl)nnc1-c1ccncc1. The smallest absolute Gasteiger partial charge is 0.237 e. The summed E-state index contributed by atoms with van der Waals surface area (Å²) >= 11 is 19.5. The van der Waals surface area contributed by atoms with Crippen LogP contribution in [0.2, 0.25) is 15.1 Å². The van der Waals surface area contributed by atoms with Crippen molar-refractivity contribution in [2.24, 2.45) is 0 Å². The number of nitrogens with zero attached hydrogens (tertiary/aromatic N) is 4. The average molecular weight is 469 g/mol. The van der Waals surface area contributed by atoms with Crippen LogP contribution in [0.15, 0.2) is 54.5 Å². The number of nitrogens with one attached hydrogen (secondary N) is 1. The molecule has 0 bridgehead atoms. The second kappa shape index (κ2) is 9.63. The Hall–Kier alpha value is -2.06. The largest absolute Gasteiger partial charge is 0.323 e. The molecule has 1 aromatic carbocycles. The molecule has 10 heteroatoms. The van der Waals surface area contributed by atoms with E-state index in [1.165, 1.54) is 23.9 Å². The molecule has 1 atom stereocenters. The lowest BCUT2D eigenvalue weighted by Crippen LogP contribution is -2.23. The van der Waals surface area contributed by atoms with Crippen LogP contribution in [-0.2, 0) is 11.3 Å². The first-order valence-corrected chi connectivity index (χ1v) is 10.5. The van der Waals surface area contributed by atoms with E-state index in [2.05, 4.69) is 27.1 Å². The van der Waals surface area contributed by atoms with Crippen LogP contribution >= 0.6 is 46.6 Å². The maximum atomic E-state index is 12.7. The molecule has 1 amide bonds. The number of anilines is 1. The van der Waals surface area contributed by atoms with Gasteiger partial charge in [0.25, 0.3) is 0 Å². The van der Waals surface area contributed by atoms with Crippen molar-refractivity contribution in [1.29, 1.82) is 0 Å². The van der Waals surface area contributed by atoms with Gasteiger partial charge in [-0.1, -0.05) is 52.6 Å². The van der Waals surface area contributed by atoms with Gasteiger partial charge in [-0.3, -0.25) is 14.3 Å². The molecule has 1 unspecified atom stereocenters. The molecule has 3 aromatic rings. The van der Waals surface area contributed by atoms with Crippen LogP contribution in [0, 0.1) is 0 Å². The van der Waals surface area contributed by atoms with Crippen LogP contribution in [-0.4, -0.2) is 30.9 Å². The van der Waals surface area contributed by atoms with E-state index in [-0.39, 0.29) is 16.0 Å². The summed E-state index contributed by atoms with van der Waals surface area (Å²) in [6, 6.07) is 6.73. The normalized spacial score (nSPS) is 11.9. The minimum atomic E-state index is -0.490. The van der Waals surface area contributed by atoms with Crippen LogP contribution < -0.4 is 5.32 Å². The molecular weight excluding hydrogens is 453 g/mol. The van der Waals surface area contributed by atoms with Gasteiger partial charge < -0.3 is 5.32 Å². The molecule has 3 rings (SSSR count). The van der Waals surface area contributed by atoms with Gasteiger partial charge in [0.15, 0.2) is 11.0 Å². The lowest BCUT2D eigenvalue weighted by molar-refractivity contribution is -0.115. The fourth-order valence-corrected chi connectivity index (χ4v) is 4.25. The van der Waals surface area contributed by atoms with Crippen molar-refractivity contribution >= 4 is 58.2 Å². The maximum Gasteiger partial charge on any atom is 0.237 e. The number of hydrogen-bond acceptors (Lipinski definition) is 5. The first-order valence-electron chi connectivity index (χ1n) is 8.47. The van der Waals surface area contributed by atoms with Crippen molar-refractivity contribution in [1.82, 2.24) is 19.7 Å². The average Bonchev–Trinajstić information content (AvgIpc) is 3.07. The second-order valence-electron chi connectivity index (χ2n) is 5.94. The van der Waals surface area contributed by atoms with Crippen LogP contribution in [0.5, 0.6) is 0 Å². The fraction of sp³-hybridized carbons (Fsp3) is 0.158. The quantitative estimate of drug-likeness (QED) is 0.360. The Kier molecular flexibility index (Phi) is 7.18. The Morgan fingerprint density at radius 1 is 1.24 bits per heavy atom. The van der Waals surface area contributed by atoms with Gasteiger partial charge >= 0.3 is 0 Å². The molecule has 0 radical (unpaired) electrons. The van der Waals surface area contributed by atoms with Gasteiger partial charge in [-0.25, -0.2) is 0 Å². The Morgan fingerprint density at radius 2 is 1.90 bits per heavy atom. The summed E-state index contributed by atoms with van der Waals surface area (Å²) in [5.41, 5.74) is 1.19. The van der Waals surface area contributed by atoms with Crippen molar-refractivity contribution in [3.05, 3.63) is 64.4 Å². The van der Waals surface area contributed by atoms with Crippen molar-refractivity contribution < 1.29 is 4.79 Å². The number of benzene rings is 1. The highest BCUT2D eigenvalue weighted by Gasteiger charge is 2.22. The van der Waals surface area contributed by atoms with Crippen molar-refractivity contribution in [3.63, 3.8) is 0 Å². The van der Waals surface area contributed by atoms with Gasteiger partial charge in [0.1, 0.15) is 0 Å². The van der Waals surface area contributed by atoms with Crippen molar-refractivity contribution in [2.45, 2.75) is 23.9 Å². The molecule has 0 saturated heterocycles. The monoisotopic (exact) mass is 467 g/mol. The number of amides is 1. The van der Waals surface area contributed by atoms with Crippen LogP contribution in [0.25, 0.3) is 11.4 Å². The molecule has 150 valence electrons. The number of carbonyl (C=O) groups excluding carboxylic acids is 1. The van der Waals surface area contributed by atoms with Crippen molar-refractivity contribution in [3.8, 4) is 11.4 Å². The molecule has 0 fully saturated rings. The number of aromatic nitrogens is 4. The summed E-state index contributed by atoms with van der Waals surface area (Å²) in [6.45, 7) is 6.05. The predicted octanol–water partition coefficient (Wildman–Crippen LogP) is 5.61. The molecular formula is C19H16Cl3N5OS. The van der Waals surface area contributed by atoms with E-state index in [9.17, 15) is 4.79 Å². The molecule has 0 spiro atoms. The molecule has 29 heavy (non-hydrogen) atoms. The highest BCUT2D eigenvalue weighted by Crippen LogP contribution is 2.34. The van der Waals surface area contributed by atoms with Gasteiger partial charge in [0.05, 0.1) is 21.0 Å².